The SMILES string of the molecule is Brc1cncc([C@@H]2CCCCN2)c1.CC(C)(C)OC(=O)N1CCCC[C@H]1c1cncc(Br)c1.O=CC(F)(F)F. The van der Waals surface area contributed by atoms with Gasteiger partial charge in [0.25, 0.3) is 0 Å². The molecule has 0 radical (unpaired) electrons. The lowest BCUT2D eigenvalue weighted by atomic mass is 9.97. The zero-order chi connectivity index (χ0) is 29.1. The molecule has 4 heterocycles. The number of nitrogens with one attached hydrogen (secondary N) is 1. The van der Waals surface area contributed by atoms with Crippen LogP contribution in [0.1, 0.15) is 82.5 Å². The fraction of sp³-hybridized carbons (Fsp3) is 0.556. The van der Waals surface area contributed by atoms with Crippen molar-refractivity contribution in [2.24, 2.45) is 0 Å². The molecule has 0 unspecified atom stereocenters. The van der Waals surface area contributed by atoms with Crippen LogP contribution in [0.25, 0.3) is 0 Å². The number of piperidine rings is 2. The molecule has 0 spiro atoms. The van der Waals surface area contributed by atoms with Crippen molar-refractivity contribution in [3.05, 3.63) is 57.0 Å². The summed E-state index contributed by atoms with van der Waals surface area (Å²) in [6, 6.07) is 4.75. The Morgan fingerprint density at radius 1 is 0.974 bits per heavy atom. The molecule has 2 fully saturated rings. The van der Waals surface area contributed by atoms with E-state index in [1.54, 1.807) is 6.20 Å². The lowest BCUT2D eigenvalue weighted by molar-refractivity contribution is -0.156. The summed E-state index contributed by atoms with van der Waals surface area (Å²) in [4.78, 5) is 31.3. The Morgan fingerprint density at radius 2 is 1.54 bits per heavy atom. The van der Waals surface area contributed by atoms with Gasteiger partial charge in [-0.1, -0.05) is 6.42 Å². The van der Waals surface area contributed by atoms with E-state index >= 15 is 0 Å². The van der Waals surface area contributed by atoms with Crippen LogP contribution in [0.5, 0.6) is 0 Å². The van der Waals surface area contributed by atoms with Crippen LogP contribution in [-0.2, 0) is 9.53 Å². The number of hydrogen-bond acceptors (Lipinski definition) is 6. The van der Waals surface area contributed by atoms with Crippen LogP contribution < -0.4 is 5.32 Å². The quantitative estimate of drug-likeness (QED) is 0.328. The number of pyridine rings is 2. The van der Waals surface area contributed by atoms with Crippen molar-refractivity contribution >= 4 is 44.2 Å². The van der Waals surface area contributed by atoms with Crippen LogP contribution in [0.4, 0.5) is 18.0 Å². The number of hydrogen-bond donors (Lipinski definition) is 1. The number of rotatable bonds is 2. The second-order valence-electron chi connectivity index (χ2n) is 10.2. The van der Waals surface area contributed by atoms with Gasteiger partial charge in [-0.25, -0.2) is 4.79 Å². The van der Waals surface area contributed by atoms with Crippen molar-refractivity contribution < 1.29 is 27.5 Å². The highest BCUT2D eigenvalue weighted by Gasteiger charge is 2.31. The third-order valence-corrected chi connectivity index (χ3v) is 6.68. The Morgan fingerprint density at radius 3 is 2.05 bits per heavy atom. The number of halogens is 5. The Balaban J connectivity index is 0.000000239. The van der Waals surface area contributed by atoms with Gasteiger partial charge in [0.05, 0.1) is 6.04 Å². The zero-order valence-electron chi connectivity index (χ0n) is 22.3. The summed E-state index contributed by atoms with van der Waals surface area (Å²) in [5.41, 5.74) is 1.90. The molecule has 1 amide bonds. The van der Waals surface area contributed by atoms with Crippen LogP contribution in [0.2, 0.25) is 0 Å². The van der Waals surface area contributed by atoms with Crippen molar-refractivity contribution in [2.45, 2.75) is 83.2 Å². The molecule has 4 rings (SSSR count). The van der Waals surface area contributed by atoms with E-state index in [0.29, 0.717) is 6.04 Å². The summed E-state index contributed by atoms with van der Waals surface area (Å²) in [6.45, 7) is 7.56. The number of likely N-dealkylation sites (tertiary alicyclic amines) is 1. The average Bonchev–Trinajstić information content (AvgIpc) is 2.89. The van der Waals surface area contributed by atoms with E-state index < -0.39 is 18.1 Å². The summed E-state index contributed by atoms with van der Waals surface area (Å²) >= 11 is 6.88. The first-order valence-corrected chi connectivity index (χ1v) is 14.3. The number of aldehydes is 1. The molecule has 2 aliphatic rings. The van der Waals surface area contributed by atoms with E-state index in [1.165, 1.54) is 24.8 Å². The number of aromatic nitrogens is 2. The van der Waals surface area contributed by atoms with Crippen molar-refractivity contribution in [1.82, 2.24) is 20.2 Å². The molecule has 0 aliphatic carbocycles. The van der Waals surface area contributed by atoms with E-state index in [1.807, 2.05) is 50.3 Å². The van der Waals surface area contributed by atoms with E-state index in [0.717, 1.165) is 46.9 Å². The molecule has 7 nitrogen and oxygen atoms in total. The highest BCUT2D eigenvalue weighted by Crippen LogP contribution is 2.32. The van der Waals surface area contributed by atoms with Crippen LogP contribution in [0.15, 0.2) is 45.9 Å². The topological polar surface area (TPSA) is 84.4 Å². The Bertz CT molecular complexity index is 1060. The molecule has 216 valence electrons. The smallest absolute Gasteiger partial charge is 0.444 e. The number of ether oxygens (including phenoxy) is 1. The number of amides is 1. The zero-order valence-corrected chi connectivity index (χ0v) is 25.5. The second-order valence-corrected chi connectivity index (χ2v) is 12.1. The molecule has 1 N–H and O–H groups in total. The molecule has 39 heavy (non-hydrogen) atoms. The van der Waals surface area contributed by atoms with Crippen molar-refractivity contribution in [2.75, 3.05) is 13.1 Å². The van der Waals surface area contributed by atoms with Gasteiger partial charge in [-0.05, 0) is 115 Å². The van der Waals surface area contributed by atoms with Crippen LogP contribution in [0, 0.1) is 0 Å². The van der Waals surface area contributed by atoms with Gasteiger partial charge in [-0.3, -0.25) is 14.8 Å². The maximum absolute atomic E-state index is 12.4. The van der Waals surface area contributed by atoms with E-state index in [4.69, 9.17) is 9.53 Å². The normalized spacial score (nSPS) is 19.5. The maximum Gasteiger partial charge on any atom is 0.446 e. The Hall–Kier alpha value is -2.05. The minimum absolute atomic E-state index is 0.0589. The van der Waals surface area contributed by atoms with Gasteiger partial charge in [0.15, 0.2) is 0 Å². The van der Waals surface area contributed by atoms with Crippen LogP contribution >= 0.6 is 31.9 Å². The van der Waals surface area contributed by atoms with Crippen molar-refractivity contribution in [3.8, 4) is 0 Å². The molecule has 2 aliphatic heterocycles. The Labute approximate surface area is 244 Å². The molecule has 2 saturated heterocycles. The summed E-state index contributed by atoms with van der Waals surface area (Å²) in [6.07, 6.45) is 8.39. The summed E-state index contributed by atoms with van der Waals surface area (Å²) in [5.74, 6) is 0. The second kappa shape index (κ2) is 15.7. The van der Waals surface area contributed by atoms with Crippen LogP contribution in [0.3, 0.4) is 0 Å². The first-order chi connectivity index (χ1) is 18.3. The molecule has 2 aromatic rings. The lowest BCUT2D eigenvalue weighted by Crippen LogP contribution is -2.41. The largest absolute Gasteiger partial charge is 0.446 e. The van der Waals surface area contributed by atoms with E-state index in [-0.39, 0.29) is 12.1 Å². The van der Waals surface area contributed by atoms with Gasteiger partial charge < -0.3 is 15.0 Å². The van der Waals surface area contributed by atoms with Gasteiger partial charge in [-0.15, -0.1) is 0 Å². The maximum atomic E-state index is 12.4. The summed E-state index contributed by atoms with van der Waals surface area (Å²) in [7, 11) is 0. The molecule has 0 bridgehead atoms. The fourth-order valence-corrected chi connectivity index (χ4v) is 4.95. The van der Waals surface area contributed by atoms with Gasteiger partial charge in [0.2, 0.25) is 6.29 Å². The molecular formula is C27H35Br2F3N4O3. The van der Waals surface area contributed by atoms with Crippen molar-refractivity contribution in [1.29, 1.82) is 0 Å². The average molecular weight is 680 g/mol. The highest BCUT2D eigenvalue weighted by molar-refractivity contribution is 9.10. The third kappa shape index (κ3) is 12.8. The standard InChI is InChI=1S/C15H21BrN2O2.C10H13BrN2.C2HF3O/c1-15(2,3)20-14(19)18-7-5-4-6-13(18)11-8-12(16)10-17-9-11;11-9-5-8(6-12-7-9)10-3-1-2-4-13-10;3-2(4,5)1-6/h8-10,13H,4-7H2,1-3H3;5-7,10,13H,1-4H2;1H/t13-;10-;/m00./s1. The van der Waals surface area contributed by atoms with Gasteiger partial charge in [0, 0.05) is 46.3 Å². The summed E-state index contributed by atoms with van der Waals surface area (Å²) in [5, 5.41) is 3.50. The number of alkyl halides is 3. The number of carbonyl (C=O) groups is 2. The molecule has 0 aromatic carbocycles. The first kappa shape index (κ1) is 33.2. The van der Waals surface area contributed by atoms with Gasteiger partial charge >= 0.3 is 12.3 Å². The molecule has 12 heteroatoms. The minimum Gasteiger partial charge on any atom is -0.444 e. The lowest BCUT2D eigenvalue weighted by Gasteiger charge is -2.36. The first-order valence-electron chi connectivity index (χ1n) is 12.8. The number of carbonyl (C=O) groups excluding carboxylic acids is 2. The van der Waals surface area contributed by atoms with Crippen molar-refractivity contribution in [3.63, 3.8) is 0 Å². The monoisotopic (exact) mass is 678 g/mol. The highest BCUT2D eigenvalue weighted by atomic mass is 79.9. The fourth-order valence-electron chi connectivity index (χ4n) is 4.18. The molecule has 2 aromatic heterocycles. The predicted octanol–water partition coefficient (Wildman–Crippen LogP) is 7.71. The Kier molecular flexibility index (Phi) is 13.3. The predicted molar refractivity (Wildman–Crippen MR) is 150 cm³/mol. The van der Waals surface area contributed by atoms with E-state index in [9.17, 15) is 18.0 Å². The molecular weight excluding hydrogens is 645 g/mol. The summed E-state index contributed by atoms with van der Waals surface area (Å²) < 4.78 is 38.8. The van der Waals surface area contributed by atoms with Crippen LogP contribution in [-0.4, -0.2) is 52.1 Å². The van der Waals surface area contributed by atoms with E-state index in [2.05, 4.69) is 53.2 Å². The molecule has 2 atom stereocenters. The molecule has 0 saturated carbocycles. The third-order valence-electron chi connectivity index (χ3n) is 5.81. The minimum atomic E-state index is -4.64. The van der Waals surface area contributed by atoms with Gasteiger partial charge in [0.1, 0.15) is 5.60 Å². The number of nitrogens with zero attached hydrogens (tertiary/aromatic N) is 3. The van der Waals surface area contributed by atoms with Gasteiger partial charge in [-0.2, -0.15) is 13.2 Å².